The first-order chi connectivity index (χ1) is 6.85. The minimum absolute atomic E-state index is 0.131. The van der Waals surface area contributed by atoms with Gasteiger partial charge in [0.25, 0.3) is 0 Å². The van der Waals surface area contributed by atoms with Gasteiger partial charge in [0.05, 0.1) is 24.9 Å². The van der Waals surface area contributed by atoms with Crippen LogP contribution in [0.2, 0.25) is 0 Å². The molecule has 0 fully saturated rings. The van der Waals surface area contributed by atoms with Crippen molar-refractivity contribution in [2.45, 2.75) is 19.9 Å². The zero-order chi connectivity index (χ0) is 9.97. The van der Waals surface area contributed by atoms with Crippen molar-refractivity contribution in [3.8, 4) is 0 Å². The average molecular weight is 190 g/mol. The first-order valence-electron chi connectivity index (χ1n) is 4.90. The third-order valence-corrected chi connectivity index (χ3v) is 2.43. The van der Waals surface area contributed by atoms with Crippen molar-refractivity contribution in [1.82, 2.24) is 9.78 Å². The van der Waals surface area contributed by atoms with Gasteiger partial charge in [0, 0.05) is 5.39 Å². The van der Waals surface area contributed by atoms with Crippen LogP contribution in [-0.2, 0) is 13.0 Å². The maximum absolute atomic E-state index is 8.84. The first kappa shape index (κ1) is 9.21. The van der Waals surface area contributed by atoms with E-state index in [1.807, 2.05) is 10.9 Å². The van der Waals surface area contributed by atoms with Crippen LogP contribution in [-0.4, -0.2) is 21.5 Å². The molecule has 3 nitrogen and oxygen atoms in total. The van der Waals surface area contributed by atoms with Crippen LogP contribution in [0.5, 0.6) is 0 Å². The SMILES string of the molecule is CCc1ccc2c(cnn2CCO)c1. The Morgan fingerprint density at radius 1 is 1.43 bits per heavy atom. The summed E-state index contributed by atoms with van der Waals surface area (Å²) in [7, 11) is 0. The molecule has 1 heterocycles. The van der Waals surface area contributed by atoms with E-state index in [1.165, 1.54) is 5.56 Å². The van der Waals surface area contributed by atoms with Gasteiger partial charge >= 0.3 is 0 Å². The molecule has 0 atom stereocenters. The number of aryl methyl sites for hydroxylation is 1. The maximum Gasteiger partial charge on any atom is 0.0683 e. The zero-order valence-corrected chi connectivity index (χ0v) is 8.27. The highest BCUT2D eigenvalue weighted by molar-refractivity contribution is 5.79. The molecule has 1 aromatic heterocycles. The van der Waals surface area contributed by atoms with Crippen molar-refractivity contribution >= 4 is 10.9 Å². The molecule has 1 aromatic carbocycles. The number of aromatic nitrogens is 2. The Labute approximate surface area is 83.0 Å². The van der Waals surface area contributed by atoms with Gasteiger partial charge in [0.15, 0.2) is 0 Å². The molecule has 2 aromatic rings. The largest absolute Gasteiger partial charge is 0.394 e. The Morgan fingerprint density at radius 3 is 3.00 bits per heavy atom. The molecule has 0 spiro atoms. The summed E-state index contributed by atoms with van der Waals surface area (Å²) in [6.45, 7) is 2.83. The standard InChI is InChI=1S/C11H14N2O/c1-2-9-3-4-11-10(7-9)8-12-13(11)5-6-14/h3-4,7-8,14H,2,5-6H2,1H3. The van der Waals surface area contributed by atoms with Gasteiger partial charge in [-0.3, -0.25) is 4.68 Å². The van der Waals surface area contributed by atoms with E-state index in [2.05, 4.69) is 30.2 Å². The van der Waals surface area contributed by atoms with E-state index in [-0.39, 0.29) is 6.61 Å². The Hall–Kier alpha value is -1.35. The summed E-state index contributed by atoms with van der Waals surface area (Å²) in [4.78, 5) is 0. The fourth-order valence-corrected chi connectivity index (χ4v) is 1.63. The van der Waals surface area contributed by atoms with Crippen LogP contribution in [0.25, 0.3) is 10.9 Å². The lowest BCUT2D eigenvalue weighted by Gasteiger charge is -2.01. The van der Waals surface area contributed by atoms with E-state index in [4.69, 9.17) is 5.11 Å². The van der Waals surface area contributed by atoms with Crippen LogP contribution in [0.3, 0.4) is 0 Å². The molecule has 0 unspecified atom stereocenters. The number of benzene rings is 1. The number of hydrogen-bond donors (Lipinski definition) is 1. The quantitative estimate of drug-likeness (QED) is 0.798. The van der Waals surface area contributed by atoms with Crippen molar-refractivity contribution in [3.63, 3.8) is 0 Å². The number of aliphatic hydroxyl groups excluding tert-OH is 1. The topological polar surface area (TPSA) is 38.0 Å². The average Bonchev–Trinajstić information content (AvgIpc) is 2.61. The highest BCUT2D eigenvalue weighted by Crippen LogP contribution is 2.15. The van der Waals surface area contributed by atoms with Crippen LogP contribution in [0.1, 0.15) is 12.5 Å². The second-order valence-electron chi connectivity index (χ2n) is 3.34. The number of rotatable bonds is 3. The monoisotopic (exact) mass is 190 g/mol. The molecular weight excluding hydrogens is 176 g/mol. The summed E-state index contributed by atoms with van der Waals surface area (Å²) in [6, 6.07) is 6.32. The Kier molecular flexibility index (Phi) is 2.50. The third kappa shape index (κ3) is 1.51. The van der Waals surface area contributed by atoms with Crippen molar-refractivity contribution in [2.75, 3.05) is 6.61 Å². The maximum atomic E-state index is 8.84. The minimum atomic E-state index is 0.131. The summed E-state index contributed by atoms with van der Waals surface area (Å²) >= 11 is 0. The normalized spacial score (nSPS) is 11.0. The zero-order valence-electron chi connectivity index (χ0n) is 8.27. The first-order valence-corrected chi connectivity index (χ1v) is 4.90. The van der Waals surface area contributed by atoms with Gasteiger partial charge in [-0.05, 0) is 24.1 Å². The van der Waals surface area contributed by atoms with E-state index in [0.717, 1.165) is 17.3 Å². The number of hydrogen-bond acceptors (Lipinski definition) is 2. The lowest BCUT2D eigenvalue weighted by Crippen LogP contribution is -2.03. The fraction of sp³-hybridized carbons (Fsp3) is 0.364. The van der Waals surface area contributed by atoms with Crippen LogP contribution in [0, 0.1) is 0 Å². The molecule has 0 radical (unpaired) electrons. The van der Waals surface area contributed by atoms with E-state index in [1.54, 1.807) is 0 Å². The number of fused-ring (bicyclic) bond motifs is 1. The second-order valence-corrected chi connectivity index (χ2v) is 3.34. The molecule has 74 valence electrons. The number of aliphatic hydroxyl groups is 1. The van der Waals surface area contributed by atoms with Crippen molar-refractivity contribution in [1.29, 1.82) is 0 Å². The summed E-state index contributed by atoms with van der Waals surface area (Å²) in [5.74, 6) is 0. The molecule has 0 aliphatic rings. The third-order valence-electron chi connectivity index (χ3n) is 2.43. The smallest absolute Gasteiger partial charge is 0.0683 e. The van der Waals surface area contributed by atoms with Gasteiger partial charge in [-0.15, -0.1) is 0 Å². The predicted octanol–water partition coefficient (Wildman–Crippen LogP) is 1.59. The highest BCUT2D eigenvalue weighted by Gasteiger charge is 2.01. The Morgan fingerprint density at radius 2 is 2.29 bits per heavy atom. The Bertz CT molecular complexity index is 434. The Balaban J connectivity index is 2.48. The van der Waals surface area contributed by atoms with Crippen molar-refractivity contribution in [2.24, 2.45) is 0 Å². The van der Waals surface area contributed by atoms with Gasteiger partial charge in [-0.25, -0.2) is 0 Å². The minimum Gasteiger partial charge on any atom is -0.394 e. The van der Waals surface area contributed by atoms with Crippen LogP contribution >= 0.6 is 0 Å². The van der Waals surface area contributed by atoms with Gasteiger partial charge in [-0.1, -0.05) is 13.0 Å². The van der Waals surface area contributed by atoms with Crippen LogP contribution < -0.4 is 0 Å². The summed E-state index contributed by atoms with van der Waals surface area (Å²) in [5, 5.41) is 14.2. The molecular formula is C11H14N2O. The fourth-order valence-electron chi connectivity index (χ4n) is 1.63. The van der Waals surface area contributed by atoms with Crippen molar-refractivity contribution in [3.05, 3.63) is 30.0 Å². The number of nitrogens with zero attached hydrogens (tertiary/aromatic N) is 2. The molecule has 1 N–H and O–H groups in total. The lowest BCUT2D eigenvalue weighted by molar-refractivity contribution is 0.271. The summed E-state index contributed by atoms with van der Waals surface area (Å²) in [5.41, 5.74) is 2.41. The predicted molar refractivity (Wildman–Crippen MR) is 56.2 cm³/mol. The highest BCUT2D eigenvalue weighted by atomic mass is 16.3. The lowest BCUT2D eigenvalue weighted by atomic mass is 10.1. The van der Waals surface area contributed by atoms with E-state index in [9.17, 15) is 0 Å². The molecule has 3 heteroatoms. The van der Waals surface area contributed by atoms with E-state index < -0.39 is 0 Å². The van der Waals surface area contributed by atoms with Gasteiger partial charge < -0.3 is 5.11 Å². The summed E-state index contributed by atoms with van der Waals surface area (Å²) < 4.78 is 1.83. The second kappa shape index (κ2) is 3.80. The summed E-state index contributed by atoms with van der Waals surface area (Å²) in [6.07, 6.45) is 2.89. The van der Waals surface area contributed by atoms with E-state index in [0.29, 0.717) is 6.54 Å². The van der Waals surface area contributed by atoms with Crippen LogP contribution in [0.15, 0.2) is 24.4 Å². The van der Waals surface area contributed by atoms with Crippen molar-refractivity contribution < 1.29 is 5.11 Å². The molecule has 0 saturated carbocycles. The molecule has 0 bridgehead atoms. The molecule has 14 heavy (non-hydrogen) atoms. The molecule has 0 aliphatic carbocycles. The van der Waals surface area contributed by atoms with E-state index >= 15 is 0 Å². The molecule has 2 rings (SSSR count). The molecule has 0 saturated heterocycles. The molecule has 0 amide bonds. The van der Waals surface area contributed by atoms with Gasteiger partial charge in [0.2, 0.25) is 0 Å². The van der Waals surface area contributed by atoms with Crippen LogP contribution in [0.4, 0.5) is 0 Å². The molecule has 0 aliphatic heterocycles. The van der Waals surface area contributed by atoms with Gasteiger partial charge in [-0.2, -0.15) is 5.10 Å². The van der Waals surface area contributed by atoms with Gasteiger partial charge in [0.1, 0.15) is 0 Å².